The van der Waals surface area contributed by atoms with Crippen LogP contribution in [0.3, 0.4) is 0 Å². The van der Waals surface area contributed by atoms with Crippen molar-refractivity contribution in [3.63, 3.8) is 0 Å². The SMILES string of the molecule is C/C(=N\NC(=O)CNS(=O)(=O)c1ccccc1)c1cc(C)ccc1O. The Morgan fingerprint density at radius 1 is 1.16 bits per heavy atom. The smallest absolute Gasteiger partial charge is 0.255 e. The molecular weight excluding hydrogens is 342 g/mol. The van der Waals surface area contributed by atoms with Crippen LogP contribution in [-0.4, -0.2) is 31.7 Å². The van der Waals surface area contributed by atoms with Crippen molar-refractivity contribution in [2.45, 2.75) is 18.7 Å². The van der Waals surface area contributed by atoms with Crippen LogP contribution in [0.15, 0.2) is 58.5 Å². The van der Waals surface area contributed by atoms with Gasteiger partial charge in [-0.15, -0.1) is 0 Å². The lowest BCUT2D eigenvalue weighted by atomic mass is 10.1. The Morgan fingerprint density at radius 2 is 1.84 bits per heavy atom. The van der Waals surface area contributed by atoms with Crippen molar-refractivity contribution in [2.24, 2.45) is 5.10 Å². The molecule has 1 amide bonds. The molecule has 7 nitrogen and oxygen atoms in total. The van der Waals surface area contributed by atoms with Gasteiger partial charge >= 0.3 is 0 Å². The predicted octanol–water partition coefficient (Wildman–Crippen LogP) is 1.52. The summed E-state index contributed by atoms with van der Waals surface area (Å²) in [6, 6.07) is 12.8. The van der Waals surface area contributed by atoms with Gasteiger partial charge in [0.2, 0.25) is 10.0 Å². The van der Waals surface area contributed by atoms with E-state index in [1.54, 1.807) is 43.3 Å². The van der Waals surface area contributed by atoms with Crippen molar-refractivity contribution in [2.75, 3.05) is 6.54 Å². The van der Waals surface area contributed by atoms with Gasteiger partial charge in [0.25, 0.3) is 5.91 Å². The Hall–Kier alpha value is -2.71. The summed E-state index contributed by atoms with van der Waals surface area (Å²) in [5.74, 6) is -0.572. The molecule has 2 rings (SSSR count). The van der Waals surface area contributed by atoms with E-state index in [-0.39, 0.29) is 10.6 Å². The summed E-state index contributed by atoms with van der Waals surface area (Å²) in [7, 11) is -3.76. The average Bonchev–Trinajstić information content (AvgIpc) is 2.60. The van der Waals surface area contributed by atoms with E-state index in [1.807, 2.05) is 6.92 Å². The topological polar surface area (TPSA) is 108 Å². The molecule has 2 aromatic rings. The highest BCUT2D eigenvalue weighted by Crippen LogP contribution is 2.18. The van der Waals surface area contributed by atoms with Gasteiger partial charge in [-0.25, -0.2) is 18.6 Å². The van der Waals surface area contributed by atoms with Crippen LogP contribution in [0.25, 0.3) is 0 Å². The molecule has 3 N–H and O–H groups in total. The number of carbonyl (C=O) groups is 1. The van der Waals surface area contributed by atoms with E-state index in [0.29, 0.717) is 11.3 Å². The standard InChI is InChI=1S/C17H19N3O4S/c1-12-8-9-16(21)15(10-12)13(2)19-20-17(22)11-18-25(23,24)14-6-4-3-5-7-14/h3-10,18,21H,11H2,1-2H3,(H,20,22)/b19-13+. The molecule has 0 aliphatic rings. The van der Waals surface area contributed by atoms with Gasteiger partial charge in [0.05, 0.1) is 17.2 Å². The molecule has 0 bridgehead atoms. The van der Waals surface area contributed by atoms with E-state index < -0.39 is 22.5 Å². The number of amides is 1. The van der Waals surface area contributed by atoms with E-state index in [2.05, 4.69) is 15.2 Å². The summed E-state index contributed by atoms with van der Waals surface area (Å²) >= 11 is 0. The molecule has 0 spiro atoms. The van der Waals surface area contributed by atoms with Gasteiger partial charge in [-0.1, -0.05) is 29.8 Å². The third-order valence-corrected chi connectivity index (χ3v) is 4.78. The van der Waals surface area contributed by atoms with Crippen LogP contribution in [0.2, 0.25) is 0 Å². The molecule has 0 fully saturated rings. The molecule has 0 saturated carbocycles. The first kappa shape index (κ1) is 18.6. The zero-order chi connectivity index (χ0) is 18.4. The Bertz CT molecular complexity index is 893. The minimum Gasteiger partial charge on any atom is -0.507 e. The second-order valence-corrected chi connectivity index (χ2v) is 7.16. The van der Waals surface area contributed by atoms with E-state index in [4.69, 9.17) is 0 Å². The molecule has 0 radical (unpaired) electrons. The fourth-order valence-electron chi connectivity index (χ4n) is 2.03. The molecule has 0 unspecified atom stereocenters. The summed E-state index contributed by atoms with van der Waals surface area (Å²) in [4.78, 5) is 11.9. The highest BCUT2D eigenvalue weighted by atomic mass is 32.2. The first-order chi connectivity index (χ1) is 11.8. The Morgan fingerprint density at radius 3 is 2.52 bits per heavy atom. The van der Waals surface area contributed by atoms with Gasteiger partial charge in [-0.3, -0.25) is 4.79 Å². The molecule has 0 atom stereocenters. The maximum atomic E-state index is 12.0. The summed E-state index contributed by atoms with van der Waals surface area (Å²) in [5, 5.41) is 13.7. The van der Waals surface area contributed by atoms with Gasteiger partial charge in [0.1, 0.15) is 5.75 Å². The molecule has 8 heteroatoms. The van der Waals surface area contributed by atoms with Crippen molar-refractivity contribution in [1.29, 1.82) is 0 Å². The Labute approximate surface area is 146 Å². The number of carbonyl (C=O) groups excluding carboxylic acids is 1. The first-order valence-electron chi connectivity index (χ1n) is 7.47. The number of benzene rings is 2. The monoisotopic (exact) mass is 361 g/mol. The number of sulfonamides is 1. The van der Waals surface area contributed by atoms with E-state index in [9.17, 15) is 18.3 Å². The number of aromatic hydroxyl groups is 1. The maximum absolute atomic E-state index is 12.0. The summed E-state index contributed by atoms with van der Waals surface area (Å²) < 4.78 is 26.2. The second-order valence-electron chi connectivity index (χ2n) is 5.39. The molecule has 0 aromatic heterocycles. The van der Waals surface area contributed by atoms with E-state index in [1.165, 1.54) is 12.1 Å². The molecule has 25 heavy (non-hydrogen) atoms. The minimum absolute atomic E-state index is 0.0471. The lowest BCUT2D eigenvalue weighted by Gasteiger charge is -2.07. The molecule has 0 saturated heterocycles. The zero-order valence-corrected chi connectivity index (χ0v) is 14.7. The molecule has 0 aliphatic heterocycles. The quantitative estimate of drug-likeness (QED) is 0.535. The van der Waals surface area contributed by atoms with Gasteiger partial charge in [-0.2, -0.15) is 5.10 Å². The first-order valence-corrected chi connectivity index (χ1v) is 8.96. The van der Waals surface area contributed by atoms with Gasteiger partial charge < -0.3 is 5.11 Å². The largest absolute Gasteiger partial charge is 0.507 e. The summed E-state index contributed by atoms with van der Waals surface area (Å²) in [6.07, 6.45) is 0. The Balaban J connectivity index is 1.97. The highest BCUT2D eigenvalue weighted by molar-refractivity contribution is 7.89. The third-order valence-electron chi connectivity index (χ3n) is 3.37. The lowest BCUT2D eigenvalue weighted by molar-refractivity contribution is -0.119. The zero-order valence-electron chi connectivity index (χ0n) is 13.9. The molecule has 2 aromatic carbocycles. The van der Waals surface area contributed by atoms with Crippen LogP contribution in [0.5, 0.6) is 5.75 Å². The van der Waals surface area contributed by atoms with Crippen LogP contribution < -0.4 is 10.1 Å². The molecule has 0 aliphatic carbocycles. The van der Waals surface area contributed by atoms with Crippen molar-refractivity contribution < 1.29 is 18.3 Å². The van der Waals surface area contributed by atoms with Gasteiger partial charge in [0.15, 0.2) is 0 Å². The minimum atomic E-state index is -3.76. The fraction of sp³-hybridized carbons (Fsp3) is 0.176. The number of hydrogen-bond donors (Lipinski definition) is 3. The van der Waals surface area contributed by atoms with Gasteiger partial charge in [-0.05, 0) is 38.1 Å². The van der Waals surface area contributed by atoms with E-state index >= 15 is 0 Å². The number of nitrogens with one attached hydrogen (secondary N) is 2. The molecule has 0 heterocycles. The number of phenols is 1. The number of nitrogens with zero attached hydrogens (tertiary/aromatic N) is 1. The van der Waals surface area contributed by atoms with Gasteiger partial charge in [0, 0.05) is 5.56 Å². The van der Waals surface area contributed by atoms with Crippen LogP contribution in [0.4, 0.5) is 0 Å². The van der Waals surface area contributed by atoms with Crippen LogP contribution >= 0.6 is 0 Å². The van der Waals surface area contributed by atoms with E-state index in [0.717, 1.165) is 5.56 Å². The van der Waals surface area contributed by atoms with Crippen molar-refractivity contribution in [3.05, 3.63) is 59.7 Å². The lowest BCUT2D eigenvalue weighted by Crippen LogP contribution is -2.35. The summed E-state index contributed by atoms with van der Waals surface area (Å²) in [6.45, 7) is 3.05. The average molecular weight is 361 g/mol. The van der Waals surface area contributed by atoms with Crippen molar-refractivity contribution in [3.8, 4) is 5.75 Å². The number of phenolic OH excluding ortho intramolecular Hbond substituents is 1. The number of hydrogen-bond acceptors (Lipinski definition) is 5. The summed E-state index contributed by atoms with van der Waals surface area (Å²) in [5.41, 5.74) is 4.09. The van der Waals surface area contributed by atoms with Crippen molar-refractivity contribution in [1.82, 2.24) is 10.1 Å². The molecular formula is C17H19N3O4S. The van der Waals surface area contributed by atoms with Crippen LogP contribution in [-0.2, 0) is 14.8 Å². The maximum Gasteiger partial charge on any atom is 0.255 e. The predicted molar refractivity (Wildman–Crippen MR) is 94.8 cm³/mol. The van der Waals surface area contributed by atoms with Crippen LogP contribution in [0.1, 0.15) is 18.1 Å². The number of hydrazone groups is 1. The van der Waals surface area contributed by atoms with Crippen LogP contribution in [0, 0.1) is 6.92 Å². The third kappa shape index (κ3) is 5.13. The number of rotatable bonds is 6. The highest BCUT2D eigenvalue weighted by Gasteiger charge is 2.14. The Kier molecular flexibility index (Phi) is 5.89. The second kappa shape index (κ2) is 7.91. The molecule has 132 valence electrons. The number of aryl methyl sites for hydroxylation is 1. The normalized spacial score (nSPS) is 12.0. The van der Waals surface area contributed by atoms with Crippen molar-refractivity contribution >= 4 is 21.6 Å². The fourth-order valence-corrected chi connectivity index (χ4v) is 3.03.